The summed E-state index contributed by atoms with van der Waals surface area (Å²) in [7, 11) is 0. The van der Waals surface area contributed by atoms with Crippen LogP contribution >= 0.6 is 11.8 Å². The third-order valence-electron chi connectivity index (χ3n) is 1.13. The van der Waals surface area contributed by atoms with Crippen LogP contribution in [0.1, 0.15) is 6.42 Å². The van der Waals surface area contributed by atoms with E-state index in [0.717, 1.165) is 11.3 Å². The third kappa shape index (κ3) is 1.75. The molecule has 50 valence electrons. The van der Waals surface area contributed by atoms with Crippen molar-refractivity contribution >= 4 is 17.7 Å². The molecule has 0 aromatic heterocycles. The van der Waals surface area contributed by atoms with Gasteiger partial charge in [-0.3, -0.25) is 0 Å². The lowest BCUT2D eigenvalue weighted by Crippen LogP contribution is -2.08. The second kappa shape index (κ2) is 2.92. The van der Waals surface area contributed by atoms with Crippen LogP contribution in [0, 0.1) is 0 Å². The molecule has 0 saturated carbocycles. The zero-order chi connectivity index (χ0) is 6.69. The molecule has 0 N–H and O–H groups in total. The molecule has 0 aromatic rings. The lowest BCUT2D eigenvalue weighted by Gasteiger charge is -2.09. The van der Waals surface area contributed by atoms with Gasteiger partial charge in [-0.05, 0) is 11.2 Å². The summed E-state index contributed by atoms with van der Waals surface area (Å²) in [5, 5.41) is 0. The summed E-state index contributed by atoms with van der Waals surface area (Å²) < 4.78 is 4.68. The smallest absolute Gasteiger partial charge is 0.331 e. The van der Waals surface area contributed by atoms with E-state index >= 15 is 0 Å². The van der Waals surface area contributed by atoms with Crippen molar-refractivity contribution in [1.29, 1.82) is 0 Å². The van der Waals surface area contributed by atoms with E-state index in [1.54, 1.807) is 17.8 Å². The van der Waals surface area contributed by atoms with Crippen molar-refractivity contribution in [3.63, 3.8) is 0 Å². The van der Waals surface area contributed by atoms with Crippen LogP contribution in [0.3, 0.4) is 0 Å². The Morgan fingerprint density at radius 2 is 2.56 bits per heavy atom. The Bertz CT molecular complexity index is 151. The number of ether oxygens (including phenoxy) is 1. The molecule has 0 fully saturated rings. The molecule has 0 atom stereocenters. The molecule has 1 aliphatic heterocycles. The van der Waals surface area contributed by atoms with E-state index in [9.17, 15) is 4.79 Å². The molecule has 1 rings (SSSR count). The van der Waals surface area contributed by atoms with E-state index in [1.165, 1.54) is 0 Å². The average Bonchev–Trinajstić information content (AvgIpc) is 1.88. The SMILES string of the molecule is CSC1=CC(=O)OCC1. The first-order valence-electron chi connectivity index (χ1n) is 2.74. The minimum atomic E-state index is -0.203. The molecule has 9 heavy (non-hydrogen) atoms. The molecule has 2 nitrogen and oxygen atoms in total. The summed E-state index contributed by atoms with van der Waals surface area (Å²) in [6.45, 7) is 0.547. The number of esters is 1. The largest absolute Gasteiger partial charge is 0.462 e. The van der Waals surface area contributed by atoms with Crippen molar-refractivity contribution in [2.45, 2.75) is 6.42 Å². The summed E-state index contributed by atoms with van der Waals surface area (Å²) in [6, 6.07) is 0. The maximum absolute atomic E-state index is 10.5. The van der Waals surface area contributed by atoms with E-state index in [2.05, 4.69) is 4.74 Å². The average molecular weight is 144 g/mol. The van der Waals surface area contributed by atoms with Crippen LogP contribution in [-0.4, -0.2) is 18.8 Å². The summed E-state index contributed by atoms with van der Waals surface area (Å²) in [6.07, 6.45) is 4.39. The number of rotatable bonds is 1. The van der Waals surface area contributed by atoms with Crippen LogP contribution in [0.4, 0.5) is 0 Å². The highest BCUT2D eigenvalue weighted by atomic mass is 32.2. The maximum atomic E-state index is 10.5. The zero-order valence-corrected chi connectivity index (χ0v) is 6.03. The van der Waals surface area contributed by atoms with E-state index in [-0.39, 0.29) is 5.97 Å². The van der Waals surface area contributed by atoms with Crippen LogP contribution in [0.2, 0.25) is 0 Å². The number of carbonyl (C=O) groups is 1. The first kappa shape index (κ1) is 6.68. The zero-order valence-electron chi connectivity index (χ0n) is 5.22. The van der Waals surface area contributed by atoms with Crippen molar-refractivity contribution in [2.24, 2.45) is 0 Å². The molecule has 0 radical (unpaired) electrons. The van der Waals surface area contributed by atoms with Crippen molar-refractivity contribution in [3.8, 4) is 0 Å². The van der Waals surface area contributed by atoms with E-state index in [4.69, 9.17) is 0 Å². The summed E-state index contributed by atoms with van der Waals surface area (Å²) in [5.74, 6) is -0.203. The van der Waals surface area contributed by atoms with Gasteiger partial charge in [0.15, 0.2) is 0 Å². The van der Waals surface area contributed by atoms with Gasteiger partial charge in [0.25, 0.3) is 0 Å². The van der Waals surface area contributed by atoms with Crippen LogP contribution < -0.4 is 0 Å². The molecule has 0 amide bonds. The second-order valence-corrected chi connectivity index (χ2v) is 2.66. The predicted octanol–water partition coefficient (Wildman–Crippen LogP) is 1.18. The highest BCUT2D eigenvalue weighted by Gasteiger charge is 2.08. The summed E-state index contributed by atoms with van der Waals surface area (Å²) >= 11 is 1.61. The Morgan fingerprint density at radius 1 is 1.78 bits per heavy atom. The van der Waals surface area contributed by atoms with Crippen molar-refractivity contribution < 1.29 is 9.53 Å². The number of hydrogen-bond donors (Lipinski definition) is 0. The molecule has 3 heteroatoms. The lowest BCUT2D eigenvalue weighted by molar-refractivity contribution is -0.138. The Labute approximate surface area is 58.3 Å². The quantitative estimate of drug-likeness (QED) is 0.517. The normalized spacial score (nSPS) is 18.8. The van der Waals surface area contributed by atoms with Gasteiger partial charge in [0, 0.05) is 12.5 Å². The topological polar surface area (TPSA) is 26.3 Å². The minimum Gasteiger partial charge on any atom is -0.462 e. The molecule has 0 aliphatic carbocycles. The Kier molecular flexibility index (Phi) is 2.16. The van der Waals surface area contributed by atoms with Crippen molar-refractivity contribution in [3.05, 3.63) is 11.0 Å². The molecule has 0 aromatic carbocycles. The van der Waals surface area contributed by atoms with E-state index in [1.807, 2.05) is 6.26 Å². The number of cyclic esters (lactones) is 1. The number of carbonyl (C=O) groups excluding carboxylic acids is 1. The standard InChI is InChI=1S/C6H8O2S/c1-9-5-2-3-8-6(7)4-5/h4H,2-3H2,1H3. The van der Waals surface area contributed by atoms with Gasteiger partial charge in [-0.15, -0.1) is 11.8 Å². The van der Waals surface area contributed by atoms with Crippen molar-refractivity contribution in [2.75, 3.05) is 12.9 Å². The first-order valence-corrected chi connectivity index (χ1v) is 3.96. The second-order valence-electron chi connectivity index (χ2n) is 1.73. The van der Waals surface area contributed by atoms with E-state index < -0.39 is 0 Å². The molecule has 0 unspecified atom stereocenters. The van der Waals surface area contributed by atoms with Gasteiger partial charge in [0.05, 0.1) is 6.61 Å². The molecule has 1 heterocycles. The van der Waals surface area contributed by atoms with Gasteiger partial charge in [0.1, 0.15) is 0 Å². The Balaban J connectivity index is 2.59. The number of hydrogen-bond acceptors (Lipinski definition) is 3. The number of thioether (sulfide) groups is 1. The van der Waals surface area contributed by atoms with Gasteiger partial charge in [-0.25, -0.2) is 4.79 Å². The molecule has 0 spiro atoms. The van der Waals surface area contributed by atoms with Gasteiger partial charge < -0.3 is 4.74 Å². The lowest BCUT2D eigenvalue weighted by atomic mass is 10.3. The predicted molar refractivity (Wildman–Crippen MR) is 37.2 cm³/mol. The fraction of sp³-hybridized carbons (Fsp3) is 0.500. The van der Waals surface area contributed by atoms with Gasteiger partial charge in [-0.1, -0.05) is 0 Å². The Hall–Kier alpha value is -0.440. The molecular formula is C6H8O2S. The van der Waals surface area contributed by atoms with Crippen LogP contribution in [0.25, 0.3) is 0 Å². The van der Waals surface area contributed by atoms with Gasteiger partial charge >= 0.3 is 5.97 Å². The summed E-state index contributed by atoms with van der Waals surface area (Å²) in [5.41, 5.74) is 0. The summed E-state index contributed by atoms with van der Waals surface area (Å²) in [4.78, 5) is 11.6. The monoisotopic (exact) mass is 144 g/mol. The fourth-order valence-corrected chi connectivity index (χ4v) is 1.16. The van der Waals surface area contributed by atoms with Crippen LogP contribution in [-0.2, 0) is 9.53 Å². The van der Waals surface area contributed by atoms with Crippen LogP contribution in [0.5, 0.6) is 0 Å². The minimum absolute atomic E-state index is 0.203. The van der Waals surface area contributed by atoms with Crippen molar-refractivity contribution in [1.82, 2.24) is 0 Å². The highest BCUT2D eigenvalue weighted by Crippen LogP contribution is 2.18. The fourth-order valence-electron chi connectivity index (χ4n) is 0.658. The first-order chi connectivity index (χ1) is 4.33. The molecular weight excluding hydrogens is 136 g/mol. The molecule has 0 saturated heterocycles. The van der Waals surface area contributed by atoms with E-state index in [0.29, 0.717) is 6.61 Å². The maximum Gasteiger partial charge on any atom is 0.331 e. The third-order valence-corrected chi connectivity index (χ3v) is 1.98. The van der Waals surface area contributed by atoms with Crippen LogP contribution in [0.15, 0.2) is 11.0 Å². The molecule has 1 aliphatic rings. The van der Waals surface area contributed by atoms with Gasteiger partial charge in [0.2, 0.25) is 0 Å². The molecule has 0 bridgehead atoms. The Morgan fingerprint density at radius 3 is 3.00 bits per heavy atom. The highest BCUT2D eigenvalue weighted by molar-refractivity contribution is 8.02. The van der Waals surface area contributed by atoms with Gasteiger partial charge in [-0.2, -0.15) is 0 Å².